The number of para-hydroxylation sites is 1. The number of aliphatic imine (C=N–C) groups is 1. The second kappa shape index (κ2) is 8.99. The zero-order chi connectivity index (χ0) is 18.3. The van der Waals surface area contributed by atoms with E-state index in [0.717, 1.165) is 32.3 Å². The van der Waals surface area contributed by atoms with Crippen molar-refractivity contribution in [2.24, 2.45) is 4.99 Å². The predicted molar refractivity (Wildman–Crippen MR) is 108 cm³/mol. The number of aryl methyl sites for hydroxylation is 2. The van der Waals surface area contributed by atoms with Gasteiger partial charge in [0.15, 0.2) is 0 Å². The number of hydrogen-bond donors (Lipinski definition) is 0. The Morgan fingerprint density at radius 1 is 1.08 bits per heavy atom. The van der Waals surface area contributed by atoms with Crippen LogP contribution in [0.2, 0.25) is 5.32 Å². The van der Waals surface area contributed by atoms with E-state index >= 15 is 0 Å². The zero-order valence-corrected chi connectivity index (χ0v) is 17.3. The van der Waals surface area contributed by atoms with Gasteiger partial charge in [-0.3, -0.25) is 0 Å². The first-order valence-electron chi connectivity index (χ1n) is 8.78. The topological polar surface area (TPSA) is 36.1 Å². The molecule has 2 nitrogen and oxygen atoms in total. The Bertz CT molecular complexity index is 754. The van der Waals surface area contributed by atoms with Crippen LogP contribution in [-0.2, 0) is 5.41 Å². The maximum atomic E-state index is 10.1. The van der Waals surface area contributed by atoms with Crippen molar-refractivity contribution in [3.05, 3.63) is 65.2 Å². The normalized spacial score (nSPS) is 14.0. The van der Waals surface area contributed by atoms with Crippen LogP contribution < -0.4 is 0 Å². The van der Waals surface area contributed by atoms with Crippen molar-refractivity contribution in [2.45, 2.75) is 51.3 Å². The SMILES string of the molecule is CCCC[Se]C(=Nc1c(C)cccc1C)C(C)(C#N)c1ccccc1. The van der Waals surface area contributed by atoms with E-state index in [9.17, 15) is 5.26 Å². The summed E-state index contributed by atoms with van der Waals surface area (Å²) in [5.74, 6) is 0. The third kappa shape index (κ3) is 4.60. The van der Waals surface area contributed by atoms with Gasteiger partial charge in [0.1, 0.15) is 0 Å². The predicted octanol–water partition coefficient (Wildman–Crippen LogP) is 5.74. The summed E-state index contributed by atoms with van der Waals surface area (Å²) in [6.45, 7) is 8.41. The molecule has 1 unspecified atom stereocenters. The summed E-state index contributed by atoms with van der Waals surface area (Å²) in [5, 5.41) is 11.2. The van der Waals surface area contributed by atoms with E-state index in [-0.39, 0.29) is 15.0 Å². The van der Waals surface area contributed by atoms with Crippen molar-refractivity contribution in [3.63, 3.8) is 0 Å². The van der Waals surface area contributed by atoms with Crippen LogP contribution in [0.25, 0.3) is 0 Å². The van der Waals surface area contributed by atoms with E-state index in [2.05, 4.69) is 45.0 Å². The minimum absolute atomic E-state index is 0.199. The summed E-state index contributed by atoms with van der Waals surface area (Å²) in [7, 11) is 0. The molecule has 0 saturated carbocycles. The molecule has 2 aromatic carbocycles. The summed E-state index contributed by atoms with van der Waals surface area (Å²) in [6, 6.07) is 18.9. The first-order valence-corrected chi connectivity index (χ1v) is 10.8. The monoisotopic (exact) mass is 398 g/mol. The third-order valence-corrected chi connectivity index (χ3v) is 7.05. The number of nitriles is 1. The van der Waals surface area contributed by atoms with Gasteiger partial charge < -0.3 is 0 Å². The standard InChI is InChI=1S/C22H26N2Se/c1-5-6-15-25-21(24-20-17(2)11-10-12-18(20)3)22(4,16-23)19-13-8-7-9-14-19/h7-14H,5-6,15H2,1-4H3. The van der Waals surface area contributed by atoms with Gasteiger partial charge in [0.25, 0.3) is 0 Å². The van der Waals surface area contributed by atoms with E-state index < -0.39 is 5.41 Å². The molecule has 0 heterocycles. The van der Waals surface area contributed by atoms with Crippen molar-refractivity contribution in [3.8, 4) is 6.07 Å². The second-order valence-corrected chi connectivity index (χ2v) is 8.74. The van der Waals surface area contributed by atoms with Gasteiger partial charge in [-0.1, -0.05) is 0 Å². The van der Waals surface area contributed by atoms with Crippen LogP contribution in [0.4, 0.5) is 5.69 Å². The molecule has 0 fully saturated rings. The van der Waals surface area contributed by atoms with Crippen LogP contribution >= 0.6 is 0 Å². The molecule has 0 aliphatic rings. The molecule has 2 rings (SSSR count). The molecule has 2 aromatic rings. The van der Waals surface area contributed by atoms with Gasteiger partial charge in [-0.15, -0.1) is 0 Å². The second-order valence-electron chi connectivity index (χ2n) is 6.46. The Balaban J connectivity index is 2.55. The summed E-state index contributed by atoms with van der Waals surface area (Å²) in [5.41, 5.74) is 3.70. The quantitative estimate of drug-likeness (QED) is 0.334. The fourth-order valence-corrected chi connectivity index (χ4v) is 5.28. The maximum absolute atomic E-state index is 10.1. The van der Waals surface area contributed by atoms with E-state index in [0.29, 0.717) is 0 Å². The summed E-state index contributed by atoms with van der Waals surface area (Å²) >= 11 is 0.199. The van der Waals surface area contributed by atoms with Crippen LogP contribution in [0.15, 0.2) is 53.5 Å². The molecule has 0 amide bonds. The molecule has 0 aliphatic heterocycles. The Kier molecular flexibility index (Phi) is 7.00. The average Bonchev–Trinajstić information content (AvgIpc) is 2.63. The molecule has 1 atom stereocenters. The third-order valence-electron chi connectivity index (χ3n) is 4.39. The Morgan fingerprint density at radius 3 is 2.28 bits per heavy atom. The molecule has 0 radical (unpaired) electrons. The van der Waals surface area contributed by atoms with E-state index in [4.69, 9.17) is 4.99 Å². The van der Waals surface area contributed by atoms with Crippen molar-refractivity contribution in [1.82, 2.24) is 0 Å². The number of hydrogen-bond acceptors (Lipinski definition) is 2. The molecule has 0 spiro atoms. The average molecular weight is 397 g/mol. The Labute approximate surface area is 158 Å². The van der Waals surface area contributed by atoms with Crippen LogP contribution in [0.3, 0.4) is 0 Å². The van der Waals surface area contributed by atoms with Crippen molar-refractivity contribution in [1.29, 1.82) is 5.26 Å². The molecule has 0 aliphatic carbocycles. The fraction of sp³-hybridized carbons (Fsp3) is 0.364. The van der Waals surface area contributed by atoms with Crippen LogP contribution in [0, 0.1) is 25.2 Å². The van der Waals surface area contributed by atoms with Gasteiger partial charge in [-0.05, 0) is 0 Å². The van der Waals surface area contributed by atoms with Crippen molar-refractivity contribution < 1.29 is 0 Å². The van der Waals surface area contributed by atoms with Gasteiger partial charge in [-0.25, -0.2) is 0 Å². The van der Waals surface area contributed by atoms with Gasteiger partial charge >= 0.3 is 158 Å². The minimum atomic E-state index is -0.677. The van der Waals surface area contributed by atoms with Gasteiger partial charge in [-0.2, -0.15) is 0 Å². The molecular formula is C22H26N2Se. The van der Waals surface area contributed by atoms with E-state index in [1.54, 1.807) is 0 Å². The number of benzene rings is 2. The Morgan fingerprint density at radius 2 is 1.72 bits per heavy atom. The Hall–Kier alpha value is -1.88. The number of nitrogens with zero attached hydrogens (tertiary/aromatic N) is 2. The van der Waals surface area contributed by atoms with Crippen molar-refractivity contribution >= 4 is 25.3 Å². The van der Waals surface area contributed by atoms with Crippen LogP contribution in [-0.4, -0.2) is 19.6 Å². The van der Waals surface area contributed by atoms with Crippen LogP contribution in [0.5, 0.6) is 0 Å². The first-order chi connectivity index (χ1) is 12.0. The molecule has 0 aromatic heterocycles. The summed E-state index contributed by atoms with van der Waals surface area (Å²) < 4.78 is 1.03. The molecule has 0 N–H and O–H groups in total. The van der Waals surface area contributed by atoms with Gasteiger partial charge in [0.2, 0.25) is 0 Å². The number of unbranched alkanes of at least 4 members (excludes halogenated alkanes) is 1. The zero-order valence-electron chi connectivity index (χ0n) is 15.5. The van der Waals surface area contributed by atoms with Crippen molar-refractivity contribution in [2.75, 3.05) is 0 Å². The molecular weight excluding hydrogens is 371 g/mol. The molecule has 0 bridgehead atoms. The summed E-state index contributed by atoms with van der Waals surface area (Å²) in [6.07, 6.45) is 2.36. The molecule has 130 valence electrons. The first kappa shape index (κ1) is 19.4. The van der Waals surface area contributed by atoms with E-state index in [1.165, 1.54) is 12.8 Å². The fourth-order valence-electron chi connectivity index (χ4n) is 2.69. The molecule has 0 saturated heterocycles. The molecule has 3 heteroatoms. The van der Waals surface area contributed by atoms with Gasteiger partial charge in [0.05, 0.1) is 0 Å². The van der Waals surface area contributed by atoms with Gasteiger partial charge in [0, 0.05) is 0 Å². The summed E-state index contributed by atoms with van der Waals surface area (Å²) in [4.78, 5) is 5.07. The van der Waals surface area contributed by atoms with E-state index in [1.807, 2.05) is 37.3 Å². The van der Waals surface area contributed by atoms with Crippen LogP contribution in [0.1, 0.15) is 43.4 Å². The molecule has 25 heavy (non-hydrogen) atoms. The number of rotatable bonds is 7.